The molecule has 1 aromatic carbocycles. The van der Waals surface area contributed by atoms with Gasteiger partial charge >= 0.3 is 0 Å². The zero-order chi connectivity index (χ0) is 14.0. The van der Waals surface area contributed by atoms with Gasteiger partial charge in [0.2, 0.25) is 5.91 Å². The molecule has 2 rings (SSSR count). The fourth-order valence-corrected chi connectivity index (χ4v) is 2.88. The first-order valence-electron chi connectivity index (χ1n) is 6.79. The number of amides is 1. The minimum atomic E-state index is -0.284. The first-order chi connectivity index (χ1) is 9.06. The Labute approximate surface area is 114 Å². The maximum atomic E-state index is 12.1. The molecule has 1 aliphatic rings. The van der Waals surface area contributed by atoms with Gasteiger partial charge in [-0.15, -0.1) is 0 Å². The number of aryl methyl sites for hydroxylation is 2. The number of carbonyl (C=O) groups excluding carboxylic acids is 1. The molecule has 1 amide bonds. The second-order valence-electron chi connectivity index (χ2n) is 5.27. The molecule has 4 nitrogen and oxygen atoms in total. The van der Waals surface area contributed by atoms with Crippen molar-refractivity contribution in [2.75, 3.05) is 18.1 Å². The number of anilines is 1. The van der Waals surface area contributed by atoms with E-state index in [9.17, 15) is 9.90 Å². The molecular weight excluding hydrogens is 240 g/mol. The van der Waals surface area contributed by atoms with Gasteiger partial charge in [0.05, 0.1) is 0 Å². The van der Waals surface area contributed by atoms with Gasteiger partial charge in [0.15, 0.2) is 0 Å². The molecule has 0 saturated carbocycles. The summed E-state index contributed by atoms with van der Waals surface area (Å²) in [7, 11) is 0. The Morgan fingerprint density at radius 2 is 2.00 bits per heavy atom. The van der Waals surface area contributed by atoms with Crippen molar-refractivity contribution in [1.29, 1.82) is 0 Å². The Kier molecular flexibility index (Phi) is 4.10. The molecule has 2 atom stereocenters. The molecule has 1 fully saturated rings. The van der Waals surface area contributed by atoms with Crippen LogP contribution in [0.4, 0.5) is 5.69 Å². The van der Waals surface area contributed by atoms with Gasteiger partial charge in [0, 0.05) is 24.9 Å². The van der Waals surface area contributed by atoms with E-state index in [-0.39, 0.29) is 24.6 Å². The normalized spacial score (nSPS) is 23.4. The molecule has 104 valence electrons. The van der Waals surface area contributed by atoms with Crippen LogP contribution >= 0.6 is 0 Å². The van der Waals surface area contributed by atoms with Crippen LogP contribution in [0.1, 0.15) is 24.5 Å². The number of piperazine rings is 1. The van der Waals surface area contributed by atoms with Gasteiger partial charge in [-0.1, -0.05) is 18.2 Å². The van der Waals surface area contributed by atoms with E-state index < -0.39 is 0 Å². The molecule has 1 aliphatic heterocycles. The van der Waals surface area contributed by atoms with E-state index in [4.69, 9.17) is 0 Å². The number of para-hydroxylation sites is 1. The van der Waals surface area contributed by atoms with Crippen LogP contribution in [0.3, 0.4) is 0 Å². The maximum Gasteiger partial charge on any atom is 0.242 e. The first-order valence-corrected chi connectivity index (χ1v) is 6.79. The van der Waals surface area contributed by atoms with Crippen molar-refractivity contribution in [2.45, 2.75) is 39.3 Å². The summed E-state index contributed by atoms with van der Waals surface area (Å²) in [6.45, 7) is 6.91. The van der Waals surface area contributed by atoms with E-state index in [0.29, 0.717) is 13.0 Å². The number of nitrogens with zero attached hydrogens (tertiary/aromatic N) is 1. The molecule has 0 aliphatic carbocycles. The van der Waals surface area contributed by atoms with E-state index in [2.05, 4.69) is 43.1 Å². The highest BCUT2D eigenvalue weighted by Gasteiger charge is 2.34. The van der Waals surface area contributed by atoms with Crippen molar-refractivity contribution in [3.63, 3.8) is 0 Å². The number of benzene rings is 1. The van der Waals surface area contributed by atoms with Gasteiger partial charge in [-0.2, -0.15) is 0 Å². The van der Waals surface area contributed by atoms with Gasteiger partial charge in [0.25, 0.3) is 0 Å². The lowest BCUT2D eigenvalue weighted by Gasteiger charge is -2.43. The lowest BCUT2D eigenvalue weighted by atomic mass is 9.99. The predicted molar refractivity (Wildman–Crippen MR) is 76.4 cm³/mol. The number of aliphatic hydroxyl groups excluding tert-OH is 1. The molecule has 1 heterocycles. The van der Waals surface area contributed by atoms with Crippen LogP contribution in [-0.4, -0.2) is 36.2 Å². The van der Waals surface area contributed by atoms with E-state index >= 15 is 0 Å². The van der Waals surface area contributed by atoms with Crippen LogP contribution in [0.2, 0.25) is 0 Å². The summed E-state index contributed by atoms with van der Waals surface area (Å²) in [6, 6.07) is 6.11. The molecule has 0 aromatic heterocycles. The van der Waals surface area contributed by atoms with Gasteiger partial charge in [-0.25, -0.2) is 0 Å². The topological polar surface area (TPSA) is 52.6 Å². The lowest BCUT2D eigenvalue weighted by molar-refractivity contribution is -0.124. The molecule has 2 unspecified atom stereocenters. The summed E-state index contributed by atoms with van der Waals surface area (Å²) in [5.41, 5.74) is 3.47. The Bertz CT molecular complexity index is 453. The highest BCUT2D eigenvalue weighted by molar-refractivity contribution is 5.87. The summed E-state index contributed by atoms with van der Waals surface area (Å²) in [6.07, 6.45) is 0.462. The third kappa shape index (κ3) is 2.59. The summed E-state index contributed by atoms with van der Waals surface area (Å²) in [5, 5.41) is 12.1. The number of hydrogen-bond donors (Lipinski definition) is 2. The van der Waals surface area contributed by atoms with Crippen molar-refractivity contribution < 1.29 is 9.90 Å². The lowest BCUT2D eigenvalue weighted by Crippen LogP contribution is -2.60. The van der Waals surface area contributed by atoms with Crippen LogP contribution < -0.4 is 10.2 Å². The number of aliphatic hydroxyl groups is 1. The molecule has 1 saturated heterocycles. The number of carbonyl (C=O) groups is 1. The minimum absolute atomic E-state index is 0.00908. The summed E-state index contributed by atoms with van der Waals surface area (Å²) in [4.78, 5) is 14.2. The zero-order valence-electron chi connectivity index (χ0n) is 11.8. The molecule has 0 bridgehead atoms. The van der Waals surface area contributed by atoms with Crippen LogP contribution in [0, 0.1) is 13.8 Å². The van der Waals surface area contributed by atoms with Crippen molar-refractivity contribution >= 4 is 11.6 Å². The highest BCUT2D eigenvalue weighted by atomic mass is 16.3. The van der Waals surface area contributed by atoms with Gasteiger partial charge in [-0.3, -0.25) is 4.79 Å². The van der Waals surface area contributed by atoms with Crippen LogP contribution in [-0.2, 0) is 4.79 Å². The van der Waals surface area contributed by atoms with Crippen molar-refractivity contribution in [1.82, 2.24) is 5.32 Å². The van der Waals surface area contributed by atoms with Gasteiger partial charge < -0.3 is 15.3 Å². The highest BCUT2D eigenvalue weighted by Crippen LogP contribution is 2.30. The summed E-state index contributed by atoms with van der Waals surface area (Å²) in [5.74, 6) is 0.00908. The quantitative estimate of drug-likeness (QED) is 0.865. The standard InChI is InChI=1S/C15H22N2O2/c1-10-5-4-6-11(2)14(10)17-12(3)9-16-15(19)13(17)7-8-18/h4-6,12-13,18H,7-9H2,1-3H3,(H,16,19). The van der Waals surface area contributed by atoms with E-state index in [1.807, 2.05) is 6.07 Å². The van der Waals surface area contributed by atoms with Gasteiger partial charge in [-0.05, 0) is 38.3 Å². The summed E-state index contributed by atoms with van der Waals surface area (Å²) < 4.78 is 0. The molecule has 4 heteroatoms. The van der Waals surface area contributed by atoms with Gasteiger partial charge in [0.1, 0.15) is 6.04 Å². The number of hydrogen-bond acceptors (Lipinski definition) is 3. The third-order valence-corrected chi connectivity index (χ3v) is 3.79. The predicted octanol–water partition coefficient (Wildman–Crippen LogP) is 1.38. The smallest absolute Gasteiger partial charge is 0.242 e. The average molecular weight is 262 g/mol. The molecule has 0 radical (unpaired) electrons. The number of rotatable bonds is 3. The molecule has 2 N–H and O–H groups in total. The molecule has 0 spiro atoms. The molecule has 1 aromatic rings. The van der Waals surface area contributed by atoms with Crippen LogP contribution in [0.15, 0.2) is 18.2 Å². The molecule has 19 heavy (non-hydrogen) atoms. The average Bonchev–Trinajstić information content (AvgIpc) is 2.37. The molecular formula is C15H22N2O2. The zero-order valence-corrected chi connectivity index (χ0v) is 11.8. The van der Waals surface area contributed by atoms with E-state index in [0.717, 1.165) is 5.69 Å². The first kappa shape index (κ1) is 13.9. The summed E-state index contributed by atoms with van der Waals surface area (Å²) >= 11 is 0. The second-order valence-corrected chi connectivity index (χ2v) is 5.27. The van der Waals surface area contributed by atoms with Crippen molar-refractivity contribution in [3.8, 4) is 0 Å². The Hall–Kier alpha value is -1.55. The third-order valence-electron chi connectivity index (χ3n) is 3.79. The minimum Gasteiger partial charge on any atom is -0.396 e. The van der Waals surface area contributed by atoms with Crippen LogP contribution in [0.25, 0.3) is 0 Å². The number of nitrogens with one attached hydrogen (secondary N) is 1. The Morgan fingerprint density at radius 1 is 1.37 bits per heavy atom. The fraction of sp³-hybridized carbons (Fsp3) is 0.533. The Morgan fingerprint density at radius 3 is 2.58 bits per heavy atom. The largest absolute Gasteiger partial charge is 0.396 e. The monoisotopic (exact) mass is 262 g/mol. The van der Waals surface area contributed by atoms with E-state index in [1.54, 1.807) is 0 Å². The van der Waals surface area contributed by atoms with Crippen LogP contribution in [0.5, 0.6) is 0 Å². The Balaban J connectivity index is 2.45. The second kappa shape index (κ2) is 5.61. The fourth-order valence-electron chi connectivity index (χ4n) is 2.88. The van der Waals surface area contributed by atoms with Crippen molar-refractivity contribution in [3.05, 3.63) is 29.3 Å². The van der Waals surface area contributed by atoms with E-state index in [1.165, 1.54) is 11.1 Å². The maximum absolute atomic E-state index is 12.1. The van der Waals surface area contributed by atoms with Crippen molar-refractivity contribution in [2.24, 2.45) is 0 Å². The SMILES string of the molecule is Cc1cccc(C)c1N1C(C)CNC(=O)C1CCO.